The molecule has 3 nitrogen and oxygen atoms in total. The van der Waals surface area contributed by atoms with Gasteiger partial charge in [-0.1, -0.05) is 5.92 Å². The summed E-state index contributed by atoms with van der Waals surface area (Å²) in [4.78, 5) is 3.85. The van der Waals surface area contributed by atoms with E-state index in [-0.39, 0.29) is 12.5 Å². The van der Waals surface area contributed by atoms with Gasteiger partial charge in [0, 0.05) is 6.20 Å². The van der Waals surface area contributed by atoms with Gasteiger partial charge in [-0.3, -0.25) is 0 Å². The summed E-state index contributed by atoms with van der Waals surface area (Å²) >= 11 is 0. The summed E-state index contributed by atoms with van der Waals surface area (Å²) in [5.41, 5.74) is 0.396. The molecule has 0 amide bonds. The predicted octanol–water partition coefficient (Wildman–Crippen LogP) is 0.965. The molecule has 0 bridgehead atoms. The average molecular weight is 158 g/mol. The first-order valence-electron chi connectivity index (χ1n) is 3.30. The van der Waals surface area contributed by atoms with Gasteiger partial charge in [0.15, 0.2) is 6.61 Å². The fraction of sp³-hybridized carbons (Fsp3) is 0.111. The molecule has 1 aromatic heterocycles. The van der Waals surface area contributed by atoms with Crippen LogP contribution in [0, 0.1) is 23.7 Å². The van der Waals surface area contributed by atoms with Crippen molar-refractivity contribution in [3.63, 3.8) is 0 Å². The van der Waals surface area contributed by atoms with Gasteiger partial charge in [-0.25, -0.2) is 4.98 Å². The van der Waals surface area contributed by atoms with Gasteiger partial charge in [-0.2, -0.15) is 5.26 Å². The molecule has 0 radical (unpaired) electrons. The zero-order chi connectivity index (χ0) is 8.81. The monoisotopic (exact) mass is 158 g/mol. The molecule has 0 saturated carbocycles. The Balaban J connectivity index is 2.86. The number of hydrogen-bond donors (Lipinski definition) is 0. The van der Waals surface area contributed by atoms with Gasteiger partial charge in [0.05, 0.1) is 0 Å². The number of nitriles is 1. The van der Waals surface area contributed by atoms with E-state index in [0.29, 0.717) is 5.56 Å². The summed E-state index contributed by atoms with van der Waals surface area (Å²) in [5.74, 6) is 2.59. The lowest BCUT2D eigenvalue weighted by Crippen LogP contribution is -1.97. The fourth-order valence-corrected chi connectivity index (χ4v) is 0.701. The molecule has 0 aliphatic heterocycles. The highest BCUT2D eigenvalue weighted by atomic mass is 16.5. The Kier molecular flexibility index (Phi) is 2.70. The van der Waals surface area contributed by atoms with Crippen LogP contribution in [0.3, 0.4) is 0 Å². The van der Waals surface area contributed by atoms with Crippen LogP contribution in [0.2, 0.25) is 0 Å². The van der Waals surface area contributed by atoms with Crippen LogP contribution >= 0.6 is 0 Å². The third-order valence-corrected chi connectivity index (χ3v) is 1.18. The second-order valence-electron chi connectivity index (χ2n) is 1.96. The Morgan fingerprint density at radius 3 is 3.17 bits per heavy atom. The van der Waals surface area contributed by atoms with Gasteiger partial charge in [0.25, 0.3) is 0 Å². The van der Waals surface area contributed by atoms with Crippen LogP contribution in [0.25, 0.3) is 0 Å². The van der Waals surface area contributed by atoms with E-state index in [9.17, 15) is 0 Å². The predicted molar refractivity (Wildman–Crippen MR) is 43.3 cm³/mol. The van der Waals surface area contributed by atoms with E-state index < -0.39 is 0 Å². The van der Waals surface area contributed by atoms with Crippen molar-refractivity contribution in [3.8, 4) is 24.3 Å². The van der Waals surface area contributed by atoms with Crippen molar-refractivity contribution in [2.24, 2.45) is 0 Å². The molecular weight excluding hydrogens is 152 g/mol. The maximum Gasteiger partial charge on any atom is 0.232 e. The van der Waals surface area contributed by atoms with Crippen molar-refractivity contribution in [3.05, 3.63) is 23.9 Å². The molecule has 0 aliphatic carbocycles. The highest BCUT2D eigenvalue weighted by Gasteiger charge is 2.00. The first-order valence-corrected chi connectivity index (χ1v) is 3.30. The zero-order valence-electron chi connectivity index (χ0n) is 6.32. The van der Waals surface area contributed by atoms with Crippen LogP contribution in [0.4, 0.5) is 0 Å². The van der Waals surface area contributed by atoms with Crippen LogP contribution in [0.1, 0.15) is 5.56 Å². The lowest BCUT2D eigenvalue weighted by atomic mass is 10.3. The second-order valence-corrected chi connectivity index (χ2v) is 1.96. The fourth-order valence-electron chi connectivity index (χ4n) is 0.701. The number of aromatic nitrogens is 1. The number of terminal acetylenes is 1. The van der Waals surface area contributed by atoms with E-state index in [0.717, 1.165) is 0 Å². The molecule has 0 aromatic carbocycles. The Hall–Kier alpha value is -2.00. The van der Waals surface area contributed by atoms with Crippen LogP contribution < -0.4 is 4.74 Å². The standard InChI is InChI=1S/C9H6N2O/c1-2-6-12-9-8(7-10)4-3-5-11-9/h1,3-5H,6H2. The van der Waals surface area contributed by atoms with Crippen molar-refractivity contribution in [2.45, 2.75) is 0 Å². The number of hydrogen-bond acceptors (Lipinski definition) is 3. The molecule has 0 saturated heterocycles. The molecule has 0 fully saturated rings. The summed E-state index contributed by atoms with van der Waals surface area (Å²) < 4.78 is 5.01. The first-order chi connectivity index (χ1) is 5.88. The third kappa shape index (κ3) is 1.74. The van der Waals surface area contributed by atoms with Crippen molar-refractivity contribution in [1.82, 2.24) is 4.98 Å². The molecule has 1 rings (SSSR count). The van der Waals surface area contributed by atoms with Gasteiger partial charge in [0.1, 0.15) is 11.6 Å². The topological polar surface area (TPSA) is 45.9 Å². The lowest BCUT2D eigenvalue weighted by molar-refractivity contribution is 0.354. The van der Waals surface area contributed by atoms with Crippen molar-refractivity contribution >= 4 is 0 Å². The summed E-state index contributed by atoms with van der Waals surface area (Å²) in [6.45, 7) is 0.131. The van der Waals surface area contributed by atoms with Gasteiger partial charge in [-0.15, -0.1) is 6.42 Å². The molecular formula is C9H6N2O. The van der Waals surface area contributed by atoms with Gasteiger partial charge < -0.3 is 4.74 Å². The largest absolute Gasteiger partial charge is 0.464 e. The normalized spacial score (nSPS) is 8.17. The second kappa shape index (κ2) is 4.00. The van der Waals surface area contributed by atoms with Gasteiger partial charge in [-0.05, 0) is 12.1 Å². The minimum Gasteiger partial charge on any atom is -0.464 e. The number of ether oxygens (including phenoxy) is 1. The molecule has 58 valence electrons. The van der Waals surface area contributed by atoms with Crippen molar-refractivity contribution in [2.75, 3.05) is 6.61 Å². The Labute approximate surface area is 70.6 Å². The highest BCUT2D eigenvalue weighted by molar-refractivity contribution is 5.37. The maximum absolute atomic E-state index is 8.60. The summed E-state index contributed by atoms with van der Waals surface area (Å²) in [7, 11) is 0. The molecule has 1 heterocycles. The van der Waals surface area contributed by atoms with Crippen LogP contribution in [0.5, 0.6) is 5.88 Å². The van der Waals surface area contributed by atoms with E-state index in [1.807, 2.05) is 6.07 Å². The number of rotatable bonds is 2. The zero-order valence-corrected chi connectivity index (χ0v) is 6.32. The SMILES string of the molecule is C#CCOc1ncccc1C#N. The first kappa shape index (κ1) is 8.10. The number of nitrogens with zero attached hydrogens (tertiary/aromatic N) is 2. The number of pyridine rings is 1. The smallest absolute Gasteiger partial charge is 0.232 e. The van der Waals surface area contributed by atoms with Crippen LogP contribution in [-0.2, 0) is 0 Å². The van der Waals surface area contributed by atoms with Crippen LogP contribution in [0.15, 0.2) is 18.3 Å². The molecule has 12 heavy (non-hydrogen) atoms. The summed E-state index contributed by atoms with van der Waals surface area (Å²) in [5, 5.41) is 8.60. The summed E-state index contributed by atoms with van der Waals surface area (Å²) in [6.07, 6.45) is 6.53. The van der Waals surface area contributed by atoms with E-state index >= 15 is 0 Å². The lowest BCUT2D eigenvalue weighted by Gasteiger charge is -2.00. The van der Waals surface area contributed by atoms with E-state index in [1.165, 1.54) is 0 Å². The summed E-state index contributed by atoms with van der Waals surface area (Å²) in [6, 6.07) is 5.24. The molecule has 0 unspecified atom stereocenters. The van der Waals surface area contributed by atoms with E-state index in [4.69, 9.17) is 16.4 Å². The Morgan fingerprint density at radius 1 is 1.67 bits per heavy atom. The Bertz CT molecular complexity index is 346. The molecule has 0 atom stereocenters. The maximum atomic E-state index is 8.60. The highest BCUT2D eigenvalue weighted by Crippen LogP contribution is 2.11. The van der Waals surface area contributed by atoms with Gasteiger partial charge in [0.2, 0.25) is 5.88 Å². The minimum atomic E-state index is 0.131. The minimum absolute atomic E-state index is 0.131. The molecule has 1 aromatic rings. The van der Waals surface area contributed by atoms with Gasteiger partial charge >= 0.3 is 0 Å². The third-order valence-electron chi connectivity index (χ3n) is 1.18. The van der Waals surface area contributed by atoms with Crippen molar-refractivity contribution in [1.29, 1.82) is 5.26 Å². The molecule has 0 N–H and O–H groups in total. The molecule has 0 aliphatic rings. The molecule has 0 spiro atoms. The quantitative estimate of drug-likeness (QED) is 0.602. The molecule has 3 heteroatoms. The van der Waals surface area contributed by atoms with E-state index in [2.05, 4.69) is 10.9 Å². The van der Waals surface area contributed by atoms with Crippen molar-refractivity contribution < 1.29 is 4.74 Å². The van der Waals surface area contributed by atoms with E-state index in [1.54, 1.807) is 18.3 Å². The van der Waals surface area contributed by atoms with Crippen LogP contribution in [-0.4, -0.2) is 11.6 Å². The average Bonchev–Trinajstić information content (AvgIpc) is 2.15. The Morgan fingerprint density at radius 2 is 2.50 bits per heavy atom.